The number of ether oxygens (including phenoxy) is 1. The molecule has 0 fully saturated rings. The fourth-order valence-electron chi connectivity index (χ4n) is 2.22. The van der Waals surface area contributed by atoms with Crippen LogP contribution in [0.15, 0.2) is 28.7 Å². The summed E-state index contributed by atoms with van der Waals surface area (Å²) >= 11 is 0. The van der Waals surface area contributed by atoms with Crippen molar-refractivity contribution in [3.63, 3.8) is 0 Å². The van der Waals surface area contributed by atoms with Crippen molar-refractivity contribution in [2.75, 3.05) is 0 Å². The highest BCUT2D eigenvalue weighted by molar-refractivity contribution is 7.85. The molecule has 0 saturated carbocycles. The molecule has 5 nitrogen and oxygen atoms in total. The minimum Gasteiger partial charge on any atom is -0.435 e. The summed E-state index contributed by atoms with van der Waals surface area (Å²) in [6.07, 6.45) is 2.69. The molecule has 2 N–H and O–H groups in total. The lowest BCUT2D eigenvalue weighted by Gasteiger charge is -2.31. The third-order valence-electron chi connectivity index (χ3n) is 4.74. The zero-order valence-corrected chi connectivity index (χ0v) is 17.9. The largest absolute Gasteiger partial charge is 0.435 e. The molecule has 0 bridgehead atoms. The van der Waals surface area contributed by atoms with E-state index in [-0.39, 0.29) is 11.7 Å². The van der Waals surface area contributed by atoms with Gasteiger partial charge in [0.05, 0.1) is 20.5 Å². The number of nitrogens with two attached hydrogens (primary N) is 1. The SMILES string of the molecule is CC(CCC(C)(C)S(=O)N=Cc1cccc(OC(F)F)c1)C(C)(C)[S@@](N)=O. The predicted molar refractivity (Wildman–Crippen MR) is 108 cm³/mol. The smallest absolute Gasteiger partial charge is 0.387 e. The maximum absolute atomic E-state index is 12.6. The molecule has 3 atom stereocenters. The Balaban J connectivity index is 2.74. The molecule has 0 aliphatic heterocycles. The highest BCUT2D eigenvalue weighted by Gasteiger charge is 2.33. The van der Waals surface area contributed by atoms with E-state index in [0.29, 0.717) is 18.4 Å². The highest BCUT2D eigenvalue weighted by atomic mass is 32.2. The van der Waals surface area contributed by atoms with E-state index in [2.05, 4.69) is 9.13 Å². The van der Waals surface area contributed by atoms with E-state index in [4.69, 9.17) is 5.14 Å². The fourth-order valence-corrected chi connectivity index (χ4v) is 3.53. The van der Waals surface area contributed by atoms with E-state index in [1.54, 1.807) is 12.1 Å². The van der Waals surface area contributed by atoms with Crippen LogP contribution in [-0.2, 0) is 22.0 Å². The third kappa shape index (κ3) is 7.38. The Hall–Kier alpha value is -1.19. The molecule has 0 radical (unpaired) electrons. The van der Waals surface area contributed by atoms with Crippen molar-refractivity contribution < 1.29 is 21.9 Å². The normalized spacial score (nSPS) is 16.5. The lowest BCUT2D eigenvalue weighted by molar-refractivity contribution is -0.0498. The Labute approximate surface area is 165 Å². The van der Waals surface area contributed by atoms with Gasteiger partial charge in [-0.3, -0.25) is 5.14 Å². The highest BCUT2D eigenvalue weighted by Crippen LogP contribution is 2.30. The molecule has 0 heterocycles. The average Bonchev–Trinajstić information content (AvgIpc) is 2.57. The number of benzene rings is 1. The van der Waals surface area contributed by atoms with Gasteiger partial charge in [-0.25, -0.2) is 8.42 Å². The van der Waals surface area contributed by atoms with Crippen molar-refractivity contribution in [2.45, 2.75) is 63.6 Å². The van der Waals surface area contributed by atoms with Crippen molar-refractivity contribution in [1.82, 2.24) is 0 Å². The van der Waals surface area contributed by atoms with E-state index in [9.17, 15) is 17.2 Å². The standard InChI is InChI=1S/C18H28F2N2O3S2/c1-13(18(4,5)26(21)23)9-10-17(2,3)27(24)22-12-14-7-6-8-15(11-14)25-16(19)20/h6-8,11-13,16H,9-10,21H2,1-5H3/t13?,26-,27?/m0/s1. The summed E-state index contributed by atoms with van der Waals surface area (Å²) in [5.74, 6) is 0.0941. The topological polar surface area (TPSA) is 81.8 Å². The minimum atomic E-state index is -2.90. The molecule has 0 saturated heterocycles. The van der Waals surface area contributed by atoms with Crippen LogP contribution in [0.2, 0.25) is 0 Å². The second kappa shape index (κ2) is 9.84. The number of nitrogens with zero attached hydrogens (tertiary/aromatic N) is 1. The molecule has 154 valence electrons. The maximum atomic E-state index is 12.6. The van der Waals surface area contributed by atoms with Gasteiger partial charge < -0.3 is 4.74 Å². The summed E-state index contributed by atoms with van der Waals surface area (Å²) in [5.41, 5.74) is 0.519. The van der Waals surface area contributed by atoms with Gasteiger partial charge in [-0.15, -0.1) is 0 Å². The van der Waals surface area contributed by atoms with Crippen LogP contribution in [0.3, 0.4) is 0 Å². The van der Waals surface area contributed by atoms with Gasteiger partial charge in [0.1, 0.15) is 16.7 Å². The van der Waals surface area contributed by atoms with Crippen LogP contribution < -0.4 is 9.88 Å². The Morgan fingerprint density at radius 2 is 1.89 bits per heavy atom. The first-order valence-electron chi connectivity index (χ1n) is 8.53. The molecule has 0 aliphatic carbocycles. The zero-order chi connectivity index (χ0) is 20.8. The van der Waals surface area contributed by atoms with E-state index >= 15 is 0 Å². The van der Waals surface area contributed by atoms with Crippen LogP contribution in [0.1, 0.15) is 53.0 Å². The molecular formula is C18H28F2N2O3S2. The van der Waals surface area contributed by atoms with Crippen molar-refractivity contribution >= 4 is 28.2 Å². The minimum absolute atomic E-state index is 0.0184. The van der Waals surface area contributed by atoms with E-state index < -0.39 is 38.1 Å². The fraction of sp³-hybridized carbons (Fsp3) is 0.611. The summed E-state index contributed by atoms with van der Waals surface area (Å²) in [6, 6.07) is 6.03. The van der Waals surface area contributed by atoms with Gasteiger partial charge in [-0.2, -0.15) is 13.2 Å². The molecule has 0 amide bonds. The van der Waals surface area contributed by atoms with E-state index in [1.807, 2.05) is 34.6 Å². The van der Waals surface area contributed by atoms with Crippen LogP contribution in [0.25, 0.3) is 0 Å². The molecule has 0 aliphatic rings. The molecule has 27 heavy (non-hydrogen) atoms. The Kier molecular flexibility index (Phi) is 8.69. The Bertz CT molecular complexity index is 710. The van der Waals surface area contributed by atoms with Crippen LogP contribution in [0, 0.1) is 5.92 Å². The summed E-state index contributed by atoms with van der Waals surface area (Å²) in [7, 11) is -2.98. The lowest BCUT2D eigenvalue weighted by Crippen LogP contribution is -2.39. The predicted octanol–water partition coefficient (Wildman–Crippen LogP) is 3.97. The molecular weight excluding hydrogens is 394 g/mol. The van der Waals surface area contributed by atoms with Gasteiger partial charge in [-0.1, -0.05) is 19.1 Å². The van der Waals surface area contributed by atoms with Gasteiger partial charge >= 0.3 is 6.61 Å². The quantitative estimate of drug-likeness (QED) is 0.579. The number of rotatable bonds is 10. The first-order valence-corrected chi connectivity index (χ1v) is 10.9. The van der Waals surface area contributed by atoms with Crippen LogP contribution in [-0.4, -0.2) is 30.7 Å². The van der Waals surface area contributed by atoms with Crippen molar-refractivity contribution in [1.29, 1.82) is 0 Å². The number of halogens is 2. The molecule has 1 rings (SSSR count). The summed E-state index contributed by atoms with van der Waals surface area (Å²) in [5, 5.41) is 5.56. The molecule has 0 aromatic heterocycles. The molecule has 1 aromatic carbocycles. The van der Waals surface area contributed by atoms with Crippen molar-refractivity contribution in [3.8, 4) is 5.75 Å². The van der Waals surface area contributed by atoms with Crippen LogP contribution in [0.4, 0.5) is 8.78 Å². The third-order valence-corrected chi connectivity index (χ3v) is 7.62. The molecule has 0 spiro atoms. The maximum Gasteiger partial charge on any atom is 0.387 e. The van der Waals surface area contributed by atoms with E-state index in [0.717, 1.165) is 0 Å². The van der Waals surface area contributed by atoms with Gasteiger partial charge in [0, 0.05) is 6.21 Å². The molecule has 9 heteroatoms. The summed E-state index contributed by atoms with van der Waals surface area (Å²) in [6.45, 7) is 6.46. The van der Waals surface area contributed by atoms with Crippen LogP contribution >= 0.6 is 0 Å². The number of hydrogen-bond donors (Lipinski definition) is 1. The van der Waals surface area contributed by atoms with E-state index in [1.165, 1.54) is 18.3 Å². The van der Waals surface area contributed by atoms with Crippen molar-refractivity contribution in [3.05, 3.63) is 29.8 Å². The average molecular weight is 423 g/mol. The monoisotopic (exact) mass is 422 g/mol. The second-order valence-electron chi connectivity index (χ2n) is 7.53. The van der Waals surface area contributed by atoms with Crippen molar-refractivity contribution in [2.24, 2.45) is 15.5 Å². The number of hydrogen-bond acceptors (Lipinski definition) is 3. The zero-order valence-electron chi connectivity index (χ0n) is 16.3. The summed E-state index contributed by atoms with van der Waals surface area (Å²) in [4.78, 5) is 0. The molecule has 1 aromatic rings. The first kappa shape index (κ1) is 23.8. The van der Waals surface area contributed by atoms with Gasteiger partial charge in [0.15, 0.2) is 0 Å². The second-order valence-corrected chi connectivity index (χ2v) is 11.0. The Morgan fingerprint density at radius 1 is 1.26 bits per heavy atom. The van der Waals surface area contributed by atoms with Gasteiger partial charge in [-0.05, 0) is 64.2 Å². The van der Waals surface area contributed by atoms with Crippen LogP contribution in [0.5, 0.6) is 5.75 Å². The number of alkyl halides is 2. The Morgan fingerprint density at radius 3 is 2.44 bits per heavy atom. The van der Waals surface area contributed by atoms with Gasteiger partial charge in [0.25, 0.3) is 0 Å². The molecule has 2 unspecified atom stereocenters. The summed E-state index contributed by atoms with van der Waals surface area (Å²) < 4.78 is 56.1. The first-order chi connectivity index (χ1) is 12.4. The van der Waals surface area contributed by atoms with Gasteiger partial charge in [0.2, 0.25) is 0 Å². The lowest BCUT2D eigenvalue weighted by atomic mass is 9.89.